The fraction of sp³-hybridized carbons (Fsp3) is 0.0625. The SMILES string of the molecule is Oc1ccccc1Cn1ccnc1-c1ccccc1F. The molecule has 100 valence electrons. The lowest BCUT2D eigenvalue weighted by atomic mass is 10.1. The van der Waals surface area contributed by atoms with E-state index in [1.165, 1.54) is 6.07 Å². The molecule has 0 aliphatic rings. The Labute approximate surface area is 116 Å². The number of aromatic nitrogens is 2. The third kappa shape index (κ3) is 2.28. The van der Waals surface area contributed by atoms with Crippen molar-refractivity contribution < 1.29 is 9.50 Å². The van der Waals surface area contributed by atoms with Crippen molar-refractivity contribution in [1.82, 2.24) is 9.55 Å². The van der Waals surface area contributed by atoms with Crippen molar-refractivity contribution in [3.8, 4) is 17.1 Å². The van der Waals surface area contributed by atoms with Crippen molar-refractivity contribution in [2.75, 3.05) is 0 Å². The maximum absolute atomic E-state index is 13.8. The standard InChI is InChI=1S/C16H13FN2O/c17-14-7-3-2-6-13(14)16-18-9-10-19(16)11-12-5-1-4-8-15(12)20/h1-10,20H,11H2. The molecule has 0 saturated heterocycles. The minimum absolute atomic E-state index is 0.223. The van der Waals surface area contributed by atoms with Crippen LogP contribution in [0.2, 0.25) is 0 Å². The van der Waals surface area contributed by atoms with E-state index in [9.17, 15) is 9.50 Å². The summed E-state index contributed by atoms with van der Waals surface area (Å²) in [6, 6.07) is 13.6. The molecule has 0 unspecified atom stereocenters. The summed E-state index contributed by atoms with van der Waals surface area (Å²) in [5.41, 5.74) is 1.22. The van der Waals surface area contributed by atoms with Gasteiger partial charge in [0.2, 0.25) is 0 Å². The second-order valence-electron chi connectivity index (χ2n) is 4.49. The van der Waals surface area contributed by atoms with Crippen molar-refractivity contribution in [3.05, 3.63) is 72.3 Å². The predicted octanol–water partition coefficient (Wildman–Crippen LogP) is 3.44. The van der Waals surface area contributed by atoms with E-state index in [1.807, 2.05) is 16.7 Å². The molecule has 0 saturated carbocycles. The lowest BCUT2D eigenvalue weighted by Gasteiger charge is -2.10. The molecule has 0 spiro atoms. The molecule has 1 heterocycles. The van der Waals surface area contributed by atoms with Gasteiger partial charge in [0.25, 0.3) is 0 Å². The summed E-state index contributed by atoms with van der Waals surface area (Å²) >= 11 is 0. The Balaban J connectivity index is 2.00. The Bertz CT molecular complexity index is 737. The normalized spacial score (nSPS) is 10.7. The monoisotopic (exact) mass is 268 g/mol. The molecule has 0 atom stereocenters. The van der Waals surface area contributed by atoms with E-state index in [2.05, 4.69) is 4.98 Å². The highest BCUT2D eigenvalue weighted by Crippen LogP contribution is 2.23. The number of benzene rings is 2. The molecule has 0 radical (unpaired) electrons. The van der Waals surface area contributed by atoms with Gasteiger partial charge in [-0.05, 0) is 18.2 Å². The molecule has 3 rings (SSSR count). The number of nitrogens with zero attached hydrogens (tertiary/aromatic N) is 2. The number of rotatable bonds is 3. The summed E-state index contributed by atoms with van der Waals surface area (Å²) in [7, 11) is 0. The highest BCUT2D eigenvalue weighted by Gasteiger charge is 2.11. The third-order valence-corrected chi connectivity index (χ3v) is 3.16. The summed E-state index contributed by atoms with van der Waals surface area (Å²) in [6.07, 6.45) is 3.40. The smallest absolute Gasteiger partial charge is 0.143 e. The number of para-hydroxylation sites is 1. The van der Waals surface area contributed by atoms with Crippen LogP contribution in [0.5, 0.6) is 5.75 Å². The van der Waals surface area contributed by atoms with Gasteiger partial charge < -0.3 is 9.67 Å². The quantitative estimate of drug-likeness (QED) is 0.790. The molecule has 1 N–H and O–H groups in total. The Morgan fingerprint density at radius 2 is 1.80 bits per heavy atom. The molecular weight excluding hydrogens is 255 g/mol. The Morgan fingerprint density at radius 1 is 1.05 bits per heavy atom. The van der Waals surface area contributed by atoms with Crippen molar-refractivity contribution in [2.45, 2.75) is 6.54 Å². The Kier molecular flexibility index (Phi) is 3.21. The lowest BCUT2D eigenvalue weighted by Crippen LogP contribution is -2.02. The van der Waals surface area contributed by atoms with Crippen molar-refractivity contribution in [3.63, 3.8) is 0 Å². The number of hydrogen-bond donors (Lipinski definition) is 1. The average molecular weight is 268 g/mol. The maximum atomic E-state index is 13.8. The van der Waals surface area contributed by atoms with Gasteiger partial charge in [-0.3, -0.25) is 0 Å². The first-order valence-corrected chi connectivity index (χ1v) is 6.28. The van der Waals surface area contributed by atoms with E-state index in [-0.39, 0.29) is 11.6 Å². The van der Waals surface area contributed by atoms with Crippen LogP contribution >= 0.6 is 0 Å². The van der Waals surface area contributed by atoms with E-state index in [1.54, 1.807) is 42.7 Å². The van der Waals surface area contributed by atoms with Gasteiger partial charge in [-0.15, -0.1) is 0 Å². The fourth-order valence-corrected chi connectivity index (χ4v) is 2.15. The molecule has 1 aromatic heterocycles. The first-order chi connectivity index (χ1) is 9.75. The Morgan fingerprint density at radius 3 is 2.60 bits per heavy atom. The van der Waals surface area contributed by atoms with Gasteiger partial charge in [0.1, 0.15) is 17.4 Å². The summed E-state index contributed by atoms with van der Waals surface area (Å²) in [6.45, 7) is 0.441. The van der Waals surface area contributed by atoms with Gasteiger partial charge in [-0.1, -0.05) is 30.3 Å². The molecule has 4 heteroatoms. The summed E-state index contributed by atoms with van der Waals surface area (Å²) in [5, 5.41) is 9.82. The highest BCUT2D eigenvalue weighted by atomic mass is 19.1. The van der Waals surface area contributed by atoms with E-state index >= 15 is 0 Å². The summed E-state index contributed by atoms with van der Waals surface area (Å²) in [5.74, 6) is 0.462. The van der Waals surface area contributed by atoms with Gasteiger partial charge in [0.15, 0.2) is 0 Å². The predicted molar refractivity (Wildman–Crippen MR) is 74.8 cm³/mol. The number of phenols is 1. The van der Waals surface area contributed by atoms with Gasteiger partial charge >= 0.3 is 0 Å². The Hall–Kier alpha value is -2.62. The zero-order chi connectivity index (χ0) is 13.9. The van der Waals surface area contributed by atoms with Crippen LogP contribution in [0.25, 0.3) is 11.4 Å². The van der Waals surface area contributed by atoms with Crippen LogP contribution < -0.4 is 0 Å². The van der Waals surface area contributed by atoms with E-state index < -0.39 is 0 Å². The second kappa shape index (κ2) is 5.17. The van der Waals surface area contributed by atoms with Crippen LogP contribution in [0.1, 0.15) is 5.56 Å². The van der Waals surface area contributed by atoms with Crippen LogP contribution in [0.4, 0.5) is 4.39 Å². The fourth-order valence-electron chi connectivity index (χ4n) is 2.15. The molecule has 0 aliphatic heterocycles. The van der Waals surface area contributed by atoms with E-state index in [0.717, 1.165) is 5.56 Å². The molecule has 3 aromatic rings. The molecule has 0 amide bonds. The van der Waals surface area contributed by atoms with Crippen molar-refractivity contribution in [2.24, 2.45) is 0 Å². The van der Waals surface area contributed by atoms with Gasteiger partial charge in [-0.2, -0.15) is 0 Å². The number of imidazole rings is 1. The number of aromatic hydroxyl groups is 1. The lowest BCUT2D eigenvalue weighted by molar-refractivity contribution is 0.466. The van der Waals surface area contributed by atoms with E-state index in [4.69, 9.17) is 0 Å². The third-order valence-electron chi connectivity index (χ3n) is 3.16. The molecule has 20 heavy (non-hydrogen) atoms. The molecule has 0 fully saturated rings. The van der Waals surface area contributed by atoms with Crippen LogP contribution in [0, 0.1) is 5.82 Å². The number of halogens is 1. The first kappa shape index (κ1) is 12.4. The van der Waals surface area contributed by atoms with Crippen molar-refractivity contribution >= 4 is 0 Å². The van der Waals surface area contributed by atoms with Gasteiger partial charge in [-0.25, -0.2) is 9.37 Å². The topological polar surface area (TPSA) is 38.0 Å². The second-order valence-corrected chi connectivity index (χ2v) is 4.49. The zero-order valence-corrected chi connectivity index (χ0v) is 10.7. The minimum Gasteiger partial charge on any atom is -0.508 e. The van der Waals surface area contributed by atoms with Crippen molar-refractivity contribution in [1.29, 1.82) is 0 Å². The minimum atomic E-state index is -0.308. The molecule has 2 aromatic carbocycles. The van der Waals surface area contributed by atoms with Crippen LogP contribution in [0.15, 0.2) is 60.9 Å². The molecular formula is C16H13FN2O. The summed E-state index contributed by atoms with van der Waals surface area (Å²) < 4.78 is 15.7. The zero-order valence-electron chi connectivity index (χ0n) is 10.7. The van der Waals surface area contributed by atoms with Crippen LogP contribution in [-0.2, 0) is 6.54 Å². The number of hydrogen-bond acceptors (Lipinski definition) is 2. The van der Waals surface area contributed by atoms with E-state index in [0.29, 0.717) is 17.9 Å². The van der Waals surface area contributed by atoms with Crippen LogP contribution in [0.3, 0.4) is 0 Å². The van der Waals surface area contributed by atoms with Gasteiger partial charge in [0.05, 0.1) is 12.1 Å². The molecule has 0 aliphatic carbocycles. The first-order valence-electron chi connectivity index (χ1n) is 6.28. The van der Waals surface area contributed by atoms with Crippen LogP contribution in [-0.4, -0.2) is 14.7 Å². The maximum Gasteiger partial charge on any atom is 0.143 e. The average Bonchev–Trinajstić information content (AvgIpc) is 2.90. The molecule has 3 nitrogen and oxygen atoms in total. The largest absolute Gasteiger partial charge is 0.508 e. The molecule has 0 bridgehead atoms. The number of phenolic OH excluding ortho intramolecular Hbond substituents is 1. The summed E-state index contributed by atoms with van der Waals surface area (Å²) in [4.78, 5) is 4.21. The highest BCUT2D eigenvalue weighted by molar-refractivity contribution is 5.56. The van der Waals surface area contributed by atoms with Gasteiger partial charge in [0, 0.05) is 18.0 Å².